The summed E-state index contributed by atoms with van der Waals surface area (Å²) in [6.45, 7) is 36.0. The fourth-order valence-corrected chi connectivity index (χ4v) is 12.8. The number of para-hydroxylation sites is 2. The number of rotatable bonds is 15. The minimum absolute atomic E-state index is 0.282. The smallest absolute Gasteiger partial charge is 0.153 e. The van der Waals surface area contributed by atoms with Crippen LogP contribution in [0.25, 0.3) is 11.4 Å². The molecule has 0 amide bonds. The molecule has 1 aromatic heterocycles. The maximum atomic E-state index is 7.77. The first-order valence-corrected chi connectivity index (χ1v) is 26.2. The Hall–Kier alpha value is -1.57. The standard InChI is InChI=1S/C39H51Cl3N2P2.C6H14.C4H10O/c1-22(2)28-16-13-17-29(23(3)4)34(28)43-37(40)38(41)44(35-30(24(5)6)18-14-19-31(35)25(7)8)39(43)45-46(42)36-32(26(9)10)20-15-21-33(36)27(11)12;1-3-5-6-4-2;1-3-5-4-2/h13-27H,1-12H3;3-6H2,1-2H3;3-4H2,1-2H3/t46-;;/m1../s1. The summed E-state index contributed by atoms with van der Waals surface area (Å²) in [5, 5.41) is 3.32. The number of nitrogens with zero attached hydrogens (tertiary/aromatic N) is 2. The highest BCUT2D eigenvalue weighted by Gasteiger charge is 2.28. The van der Waals surface area contributed by atoms with Crippen molar-refractivity contribution in [1.82, 2.24) is 9.13 Å². The Balaban J connectivity index is 0.000000895. The van der Waals surface area contributed by atoms with Gasteiger partial charge in [0.1, 0.15) is 0 Å². The molecule has 4 aromatic rings. The van der Waals surface area contributed by atoms with E-state index in [-0.39, 0.29) is 23.7 Å². The number of halogens is 3. The van der Waals surface area contributed by atoms with Crippen molar-refractivity contribution >= 4 is 54.6 Å². The molecule has 0 saturated heterocycles. The summed E-state index contributed by atoms with van der Waals surface area (Å²) in [6, 6.07) is 20.0. The van der Waals surface area contributed by atoms with Gasteiger partial charge in [-0.2, -0.15) is 0 Å². The van der Waals surface area contributed by atoms with Gasteiger partial charge >= 0.3 is 0 Å². The number of benzene rings is 3. The lowest BCUT2D eigenvalue weighted by molar-refractivity contribution is 0.162. The Morgan fingerprint density at radius 2 is 0.789 bits per heavy atom. The Bertz CT molecular complexity index is 1710. The Morgan fingerprint density at radius 3 is 1.02 bits per heavy atom. The second-order valence-corrected chi connectivity index (χ2v) is 22.5. The predicted octanol–water partition coefficient (Wildman–Crippen LogP) is 18.3. The van der Waals surface area contributed by atoms with Crippen molar-refractivity contribution in [1.29, 1.82) is 0 Å². The first-order valence-electron chi connectivity index (χ1n) is 21.6. The third-order valence-electron chi connectivity index (χ3n) is 10.2. The first kappa shape index (κ1) is 51.6. The molecule has 0 N–H and O–H groups in total. The SMILES string of the molecule is CC(C)c1cccc(C(C)C)c1-n1c(Cl)c(Cl)n(-c2c(C(C)C)cccc2C(C)C)c1=P[P@@](Cl)c1c(C(C)C)cccc1C(C)C.CCCCCC.CCOCC. The molecule has 0 spiro atoms. The largest absolute Gasteiger partial charge is 0.382 e. The van der Waals surface area contributed by atoms with Crippen LogP contribution in [0.2, 0.25) is 10.3 Å². The molecule has 3 nitrogen and oxygen atoms in total. The van der Waals surface area contributed by atoms with Crippen molar-refractivity contribution in [2.75, 3.05) is 13.2 Å². The van der Waals surface area contributed by atoms with Crippen LogP contribution in [-0.4, -0.2) is 22.3 Å². The first-order chi connectivity index (χ1) is 26.9. The van der Waals surface area contributed by atoms with E-state index >= 15 is 0 Å². The number of ether oxygens (including phenoxy) is 1. The summed E-state index contributed by atoms with van der Waals surface area (Å²) < 4.78 is 9.31. The summed E-state index contributed by atoms with van der Waals surface area (Å²) in [7, 11) is 0.977. The molecular weight excluding hydrogens is 801 g/mol. The van der Waals surface area contributed by atoms with Crippen molar-refractivity contribution in [2.45, 2.75) is 172 Å². The van der Waals surface area contributed by atoms with Gasteiger partial charge in [0.15, 0.2) is 15.5 Å². The molecule has 8 heteroatoms. The van der Waals surface area contributed by atoms with E-state index in [2.05, 4.69) is 161 Å². The van der Waals surface area contributed by atoms with Crippen LogP contribution in [-0.2, 0) is 4.74 Å². The molecule has 0 fully saturated rings. The molecule has 0 aliphatic rings. The zero-order valence-corrected chi connectivity index (χ0v) is 42.3. The Labute approximate surface area is 366 Å². The second kappa shape index (κ2) is 25.3. The van der Waals surface area contributed by atoms with Crippen molar-refractivity contribution in [3.63, 3.8) is 0 Å². The molecule has 0 radical (unpaired) electrons. The van der Waals surface area contributed by atoms with Gasteiger partial charge in [-0.05, 0) is 90.6 Å². The summed E-state index contributed by atoms with van der Waals surface area (Å²) in [6.07, 6.45) is 5.54. The number of aromatic nitrogens is 2. The van der Waals surface area contributed by atoms with E-state index < -0.39 is 6.96 Å². The molecule has 318 valence electrons. The van der Waals surface area contributed by atoms with Gasteiger partial charge in [-0.25, -0.2) is 0 Å². The summed E-state index contributed by atoms with van der Waals surface area (Å²) in [5.74, 6) is 1.83. The maximum Gasteiger partial charge on any atom is 0.153 e. The zero-order chi connectivity index (χ0) is 43.1. The highest BCUT2D eigenvalue weighted by Crippen LogP contribution is 2.58. The molecular formula is C49H75Cl3N2OP2. The van der Waals surface area contributed by atoms with Crippen molar-refractivity contribution in [3.8, 4) is 11.4 Å². The molecule has 1 heterocycles. The van der Waals surface area contributed by atoms with Gasteiger partial charge in [0, 0.05) is 18.5 Å². The van der Waals surface area contributed by atoms with E-state index in [9.17, 15) is 0 Å². The Morgan fingerprint density at radius 1 is 0.509 bits per heavy atom. The van der Waals surface area contributed by atoms with Gasteiger partial charge in [-0.1, -0.05) is 212 Å². The van der Waals surface area contributed by atoms with E-state index in [1.807, 2.05) is 13.8 Å². The number of unbranched alkanes of at least 4 members (excludes halogenated alkanes) is 3. The monoisotopic (exact) mass is 874 g/mol. The predicted molar refractivity (Wildman–Crippen MR) is 261 cm³/mol. The zero-order valence-electron chi connectivity index (χ0n) is 38.2. The van der Waals surface area contributed by atoms with Gasteiger partial charge < -0.3 is 4.74 Å². The van der Waals surface area contributed by atoms with Crippen LogP contribution in [0.1, 0.15) is 205 Å². The lowest BCUT2D eigenvalue weighted by Crippen LogP contribution is -2.14. The van der Waals surface area contributed by atoms with Gasteiger partial charge in [0.25, 0.3) is 0 Å². The molecule has 0 aliphatic carbocycles. The van der Waals surface area contributed by atoms with E-state index in [0.717, 1.165) is 37.7 Å². The summed E-state index contributed by atoms with van der Waals surface area (Å²) >= 11 is 22.7. The minimum atomic E-state index is -1.19. The topological polar surface area (TPSA) is 19.1 Å². The van der Waals surface area contributed by atoms with E-state index in [1.54, 1.807) is 0 Å². The fraction of sp³-hybridized carbons (Fsp3) is 0.571. The molecule has 57 heavy (non-hydrogen) atoms. The van der Waals surface area contributed by atoms with Gasteiger partial charge in [-0.15, -0.1) is 0 Å². The quantitative estimate of drug-likeness (QED) is 0.0860. The minimum Gasteiger partial charge on any atom is -0.382 e. The average molecular weight is 876 g/mol. The molecule has 0 unspecified atom stereocenters. The average Bonchev–Trinajstić information content (AvgIpc) is 3.40. The fourth-order valence-electron chi connectivity index (χ4n) is 7.04. The van der Waals surface area contributed by atoms with Crippen LogP contribution in [0.5, 0.6) is 0 Å². The van der Waals surface area contributed by atoms with Crippen LogP contribution in [0.4, 0.5) is 0 Å². The Kier molecular flexibility index (Phi) is 22.9. The highest BCUT2D eigenvalue weighted by molar-refractivity contribution is 8.34. The van der Waals surface area contributed by atoms with Crippen molar-refractivity contribution in [2.24, 2.45) is 0 Å². The summed E-state index contributed by atoms with van der Waals surface area (Å²) in [4.78, 5) is 0. The van der Waals surface area contributed by atoms with Gasteiger partial charge in [-0.3, -0.25) is 9.13 Å². The second-order valence-electron chi connectivity index (χ2n) is 16.7. The summed E-state index contributed by atoms with van der Waals surface area (Å²) in [5.41, 5.74) is 9.85. The number of imidazole rings is 1. The lowest BCUT2D eigenvalue weighted by Gasteiger charge is -2.24. The molecule has 0 saturated carbocycles. The van der Waals surface area contributed by atoms with E-state index in [1.165, 1.54) is 64.4 Å². The third kappa shape index (κ3) is 13.5. The van der Waals surface area contributed by atoms with E-state index in [4.69, 9.17) is 39.2 Å². The van der Waals surface area contributed by atoms with Crippen LogP contribution < -0.4 is 5.30 Å². The number of hydrogen-bond acceptors (Lipinski definition) is 1. The molecule has 0 aliphatic heterocycles. The molecule has 3 aromatic carbocycles. The normalized spacial score (nSPS) is 12.2. The van der Waals surface area contributed by atoms with Gasteiger partial charge in [0.2, 0.25) is 0 Å². The van der Waals surface area contributed by atoms with Crippen LogP contribution in [0, 0.1) is 5.20 Å². The third-order valence-corrected chi connectivity index (χ3v) is 15.4. The van der Waals surface area contributed by atoms with Crippen LogP contribution >= 0.6 is 49.3 Å². The number of hydrogen-bond donors (Lipinski definition) is 0. The van der Waals surface area contributed by atoms with Crippen molar-refractivity contribution in [3.05, 3.63) is 103 Å². The lowest BCUT2D eigenvalue weighted by atomic mass is 9.92. The molecule has 1 atom stereocenters. The molecule has 4 rings (SSSR count). The van der Waals surface area contributed by atoms with E-state index in [0.29, 0.717) is 22.1 Å². The van der Waals surface area contributed by atoms with Crippen LogP contribution in [0.15, 0.2) is 54.6 Å². The molecule has 0 bridgehead atoms. The maximum absolute atomic E-state index is 7.77. The van der Waals surface area contributed by atoms with Crippen molar-refractivity contribution < 1.29 is 4.74 Å². The van der Waals surface area contributed by atoms with Gasteiger partial charge in [0.05, 0.1) is 18.3 Å². The van der Waals surface area contributed by atoms with Crippen LogP contribution in [0.3, 0.4) is 0 Å². The highest BCUT2D eigenvalue weighted by atomic mass is 35.7.